The van der Waals surface area contributed by atoms with Crippen LogP contribution in [0.25, 0.3) is 0 Å². The van der Waals surface area contributed by atoms with Gasteiger partial charge in [0.05, 0.1) is 18.2 Å². The molecule has 3 nitrogen and oxygen atoms in total. The van der Waals surface area contributed by atoms with Gasteiger partial charge in [-0.25, -0.2) is 0 Å². The summed E-state index contributed by atoms with van der Waals surface area (Å²) in [5, 5.41) is 3.35. The summed E-state index contributed by atoms with van der Waals surface area (Å²) in [5.41, 5.74) is 1.26. The van der Waals surface area contributed by atoms with Gasteiger partial charge in [-0.3, -0.25) is 0 Å². The van der Waals surface area contributed by atoms with Crippen molar-refractivity contribution in [3.8, 4) is 5.75 Å². The highest BCUT2D eigenvalue weighted by Gasteiger charge is 2.25. The number of nitrogens with one attached hydrogen (secondary N) is 1. The SMILES string of the molecule is CNC(c1ccc(OC(C)C)cc1)C1CCCO1. The molecule has 0 radical (unpaired) electrons. The first-order chi connectivity index (χ1) is 8.70. The van der Waals surface area contributed by atoms with E-state index in [4.69, 9.17) is 9.47 Å². The van der Waals surface area contributed by atoms with Crippen molar-refractivity contribution >= 4 is 0 Å². The van der Waals surface area contributed by atoms with Crippen LogP contribution in [0.3, 0.4) is 0 Å². The summed E-state index contributed by atoms with van der Waals surface area (Å²) in [7, 11) is 1.99. The van der Waals surface area contributed by atoms with E-state index in [9.17, 15) is 0 Å². The van der Waals surface area contributed by atoms with E-state index in [0.717, 1.165) is 25.2 Å². The molecule has 1 aliphatic heterocycles. The lowest BCUT2D eigenvalue weighted by molar-refractivity contribution is 0.0807. The Bertz CT molecular complexity index is 355. The number of rotatable bonds is 5. The minimum Gasteiger partial charge on any atom is -0.491 e. The molecule has 2 atom stereocenters. The lowest BCUT2D eigenvalue weighted by Gasteiger charge is -2.23. The summed E-state index contributed by atoms with van der Waals surface area (Å²) in [6.45, 7) is 4.96. The molecule has 18 heavy (non-hydrogen) atoms. The molecule has 0 aromatic heterocycles. The third-order valence-electron chi connectivity index (χ3n) is 3.26. The van der Waals surface area contributed by atoms with Crippen molar-refractivity contribution in [3.05, 3.63) is 29.8 Å². The van der Waals surface area contributed by atoms with Crippen molar-refractivity contribution in [2.24, 2.45) is 0 Å². The normalized spacial score (nSPS) is 21.2. The molecule has 0 saturated carbocycles. The second-order valence-corrected chi connectivity index (χ2v) is 5.05. The molecule has 0 spiro atoms. The van der Waals surface area contributed by atoms with Gasteiger partial charge in [0.25, 0.3) is 0 Å². The topological polar surface area (TPSA) is 30.5 Å². The van der Waals surface area contributed by atoms with E-state index in [0.29, 0.717) is 6.10 Å². The van der Waals surface area contributed by atoms with Crippen LogP contribution in [0.15, 0.2) is 24.3 Å². The molecule has 1 saturated heterocycles. The third-order valence-corrected chi connectivity index (χ3v) is 3.26. The van der Waals surface area contributed by atoms with E-state index >= 15 is 0 Å². The molecule has 1 heterocycles. The molecule has 1 fully saturated rings. The maximum atomic E-state index is 5.76. The molecular formula is C15H23NO2. The smallest absolute Gasteiger partial charge is 0.119 e. The molecule has 2 unspecified atom stereocenters. The second-order valence-electron chi connectivity index (χ2n) is 5.05. The Morgan fingerprint density at radius 1 is 1.28 bits per heavy atom. The highest BCUT2D eigenvalue weighted by molar-refractivity contribution is 5.30. The number of hydrogen-bond donors (Lipinski definition) is 1. The Morgan fingerprint density at radius 2 is 2.00 bits per heavy atom. The number of benzene rings is 1. The van der Waals surface area contributed by atoms with Crippen molar-refractivity contribution in [3.63, 3.8) is 0 Å². The molecule has 1 aromatic rings. The van der Waals surface area contributed by atoms with Gasteiger partial charge in [-0.05, 0) is 51.4 Å². The van der Waals surface area contributed by atoms with Crippen LogP contribution in [-0.2, 0) is 4.74 Å². The summed E-state index contributed by atoms with van der Waals surface area (Å²) in [4.78, 5) is 0. The fourth-order valence-corrected chi connectivity index (χ4v) is 2.46. The van der Waals surface area contributed by atoms with Gasteiger partial charge in [-0.1, -0.05) is 12.1 Å². The fourth-order valence-electron chi connectivity index (χ4n) is 2.46. The molecule has 100 valence electrons. The average Bonchev–Trinajstić information content (AvgIpc) is 2.85. The standard InChI is InChI=1S/C15H23NO2/c1-11(2)18-13-8-6-12(7-9-13)15(16-3)14-5-4-10-17-14/h6-9,11,14-16H,4-5,10H2,1-3H3. The van der Waals surface area contributed by atoms with Crippen LogP contribution < -0.4 is 10.1 Å². The molecule has 2 rings (SSSR count). The molecule has 3 heteroatoms. The molecule has 1 aromatic carbocycles. The van der Waals surface area contributed by atoms with Crippen LogP contribution in [0.5, 0.6) is 5.75 Å². The molecule has 1 N–H and O–H groups in total. The summed E-state index contributed by atoms with van der Waals surface area (Å²) in [6, 6.07) is 8.60. The summed E-state index contributed by atoms with van der Waals surface area (Å²) < 4.78 is 11.4. The van der Waals surface area contributed by atoms with Gasteiger partial charge in [0.15, 0.2) is 0 Å². The van der Waals surface area contributed by atoms with Crippen molar-refractivity contribution in [1.82, 2.24) is 5.32 Å². The van der Waals surface area contributed by atoms with Crippen molar-refractivity contribution < 1.29 is 9.47 Å². The number of ether oxygens (including phenoxy) is 2. The molecule has 0 amide bonds. The number of likely N-dealkylation sites (N-methyl/N-ethyl adjacent to an activating group) is 1. The van der Waals surface area contributed by atoms with E-state index in [1.165, 1.54) is 5.56 Å². The van der Waals surface area contributed by atoms with Crippen LogP contribution in [0.4, 0.5) is 0 Å². The lowest BCUT2D eigenvalue weighted by Crippen LogP contribution is -2.28. The summed E-state index contributed by atoms with van der Waals surface area (Å²) in [5.74, 6) is 0.927. The van der Waals surface area contributed by atoms with Crippen LogP contribution in [0.1, 0.15) is 38.3 Å². The quantitative estimate of drug-likeness (QED) is 0.870. The molecule has 0 bridgehead atoms. The third kappa shape index (κ3) is 3.24. The van der Waals surface area contributed by atoms with E-state index < -0.39 is 0 Å². The monoisotopic (exact) mass is 249 g/mol. The first-order valence-corrected chi connectivity index (χ1v) is 6.76. The number of hydrogen-bond acceptors (Lipinski definition) is 3. The lowest BCUT2D eigenvalue weighted by atomic mass is 9.99. The van der Waals surface area contributed by atoms with E-state index in [-0.39, 0.29) is 12.1 Å². The fraction of sp³-hybridized carbons (Fsp3) is 0.600. The van der Waals surface area contributed by atoms with Crippen molar-refractivity contribution in [2.45, 2.75) is 44.9 Å². The van der Waals surface area contributed by atoms with Crippen molar-refractivity contribution in [2.75, 3.05) is 13.7 Å². The van der Waals surface area contributed by atoms with Crippen molar-refractivity contribution in [1.29, 1.82) is 0 Å². The largest absolute Gasteiger partial charge is 0.491 e. The Kier molecular flexibility index (Phi) is 4.61. The molecule has 0 aliphatic carbocycles. The van der Waals surface area contributed by atoms with E-state index in [1.54, 1.807) is 0 Å². The minimum absolute atomic E-state index is 0.217. The predicted molar refractivity (Wildman–Crippen MR) is 73.0 cm³/mol. The van der Waals surface area contributed by atoms with Crippen LogP contribution >= 0.6 is 0 Å². The van der Waals surface area contributed by atoms with Crippen LogP contribution in [0.2, 0.25) is 0 Å². The zero-order valence-corrected chi connectivity index (χ0v) is 11.5. The highest BCUT2D eigenvalue weighted by atomic mass is 16.5. The van der Waals surface area contributed by atoms with Gasteiger partial charge in [-0.15, -0.1) is 0 Å². The molecule has 1 aliphatic rings. The maximum absolute atomic E-state index is 5.76. The summed E-state index contributed by atoms with van der Waals surface area (Å²) in [6.07, 6.45) is 2.81. The Balaban J connectivity index is 2.06. The first-order valence-electron chi connectivity index (χ1n) is 6.76. The van der Waals surface area contributed by atoms with Gasteiger partial charge in [0, 0.05) is 6.61 Å². The van der Waals surface area contributed by atoms with Gasteiger partial charge < -0.3 is 14.8 Å². The van der Waals surface area contributed by atoms with E-state index in [1.807, 2.05) is 33.0 Å². The van der Waals surface area contributed by atoms with Gasteiger partial charge >= 0.3 is 0 Å². The zero-order chi connectivity index (χ0) is 13.0. The Hall–Kier alpha value is -1.06. The maximum Gasteiger partial charge on any atom is 0.119 e. The van der Waals surface area contributed by atoms with Gasteiger partial charge in [0.1, 0.15) is 5.75 Å². The van der Waals surface area contributed by atoms with Gasteiger partial charge in [0.2, 0.25) is 0 Å². The summed E-state index contributed by atoms with van der Waals surface area (Å²) >= 11 is 0. The Labute approximate surface area is 109 Å². The van der Waals surface area contributed by atoms with Crippen LogP contribution in [-0.4, -0.2) is 25.9 Å². The van der Waals surface area contributed by atoms with Crippen LogP contribution in [0, 0.1) is 0 Å². The minimum atomic E-state index is 0.217. The van der Waals surface area contributed by atoms with Gasteiger partial charge in [-0.2, -0.15) is 0 Å². The highest BCUT2D eigenvalue weighted by Crippen LogP contribution is 2.27. The second kappa shape index (κ2) is 6.21. The van der Waals surface area contributed by atoms with E-state index in [2.05, 4.69) is 17.4 Å². The first kappa shape index (κ1) is 13.4. The zero-order valence-electron chi connectivity index (χ0n) is 11.5. The predicted octanol–water partition coefficient (Wildman–Crippen LogP) is 2.91. The molecular weight excluding hydrogens is 226 g/mol. The average molecular weight is 249 g/mol. The Morgan fingerprint density at radius 3 is 2.50 bits per heavy atom.